The number of ether oxygens (including phenoxy) is 1. The molecule has 1 aliphatic rings. The lowest BCUT2D eigenvalue weighted by Crippen LogP contribution is -2.37. The fourth-order valence-electron chi connectivity index (χ4n) is 2.80. The SMILES string of the molecule is COC1CCN(c2c(C)cc(N)cc2C)CC1. The summed E-state index contributed by atoms with van der Waals surface area (Å²) in [6, 6.07) is 4.12. The monoisotopic (exact) mass is 234 g/mol. The van der Waals surface area contributed by atoms with E-state index in [2.05, 4.69) is 30.9 Å². The summed E-state index contributed by atoms with van der Waals surface area (Å²) in [5, 5.41) is 0. The van der Waals surface area contributed by atoms with Gasteiger partial charge in [0, 0.05) is 31.6 Å². The van der Waals surface area contributed by atoms with E-state index < -0.39 is 0 Å². The highest BCUT2D eigenvalue weighted by Gasteiger charge is 2.21. The lowest BCUT2D eigenvalue weighted by Gasteiger charge is -2.35. The van der Waals surface area contributed by atoms with Crippen molar-refractivity contribution >= 4 is 11.4 Å². The maximum atomic E-state index is 5.86. The van der Waals surface area contributed by atoms with Gasteiger partial charge in [0.05, 0.1) is 6.10 Å². The number of hydrogen-bond acceptors (Lipinski definition) is 3. The number of hydrogen-bond donors (Lipinski definition) is 1. The van der Waals surface area contributed by atoms with Gasteiger partial charge in [0.1, 0.15) is 0 Å². The number of anilines is 2. The maximum Gasteiger partial charge on any atom is 0.0605 e. The Kier molecular flexibility index (Phi) is 3.57. The molecular formula is C14H22N2O. The van der Waals surface area contributed by atoms with E-state index in [1.807, 2.05) is 0 Å². The molecule has 0 aliphatic carbocycles. The molecule has 94 valence electrons. The number of rotatable bonds is 2. The topological polar surface area (TPSA) is 38.5 Å². The van der Waals surface area contributed by atoms with Crippen LogP contribution >= 0.6 is 0 Å². The van der Waals surface area contributed by atoms with E-state index in [9.17, 15) is 0 Å². The summed E-state index contributed by atoms with van der Waals surface area (Å²) < 4.78 is 5.41. The Labute approximate surface area is 104 Å². The molecule has 0 unspecified atom stereocenters. The molecule has 1 fully saturated rings. The number of nitrogen functional groups attached to an aromatic ring is 1. The van der Waals surface area contributed by atoms with Crippen LogP contribution < -0.4 is 10.6 Å². The van der Waals surface area contributed by atoms with Gasteiger partial charge in [0.25, 0.3) is 0 Å². The van der Waals surface area contributed by atoms with Gasteiger partial charge in [0.2, 0.25) is 0 Å². The normalized spacial score (nSPS) is 17.5. The summed E-state index contributed by atoms with van der Waals surface area (Å²) in [4.78, 5) is 2.46. The summed E-state index contributed by atoms with van der Waals surface area (Å²) in [5.41, 5.74) is 10.6. The summed E-state index contributed by atoms with van der Waals surface area (Å²) in [6.07, 6.45) is 2.65. The van der Waals surface area contributed by atoms with E-state index in [0.717, 1.165) is 31.6 Å². The van der Waals surface area contributed by atoms with Crippen molar-refractivity contribution in [1.82, 2.24) is 0 Å². The van der Waals surface area contributed by atoms with Gasteiger partial charge in [-0.15, -0.1) is 0 Å². The van der Waals surface area contributed by atoms with E-state index in [1.165, 1.54) is 16.8 Å². The average Bonchev–Trinajstić information content (AvgIpc) is 2.28. The third-order valence-electron chi connectivity index (χ3n) is 3.60. The minimum absolute atomic E-state index is 0.431. The molecule has 0 bridgehead atoms. The molecule has 0 atom stereocenters. The molecule has 0 spiro atoms. The standard InChI is InChI=1S/C14H22N2O/c1-10-8-12(15)9-11(2)14(10)16-6-4-13(17-3)5-7-16/h8-9,13H,4-7,15H2,1-3H3. The van der Waals surface area contributed by atoms with Crippen molar-refractivity contribution in [3.63, 3.8) is 0 Å². The minimum Gasteiger partial charge on any atom is -0.399 e. The zero-order valence-corrected chi connectivity index (χ0v) is 11.0. The Bertz CT molecular complexity index is 372. The first-order valence-electron chi connectivity index (χ1n) is 6.26. The number of aryl methyl sites for hydroxylation is 2. The Balaban J connectivity index is 2.18. The fourth-order valence-corrected chi connectivity index (χ4v) is 2.80. The Morgan fingerprint density at radius 3 is 2.18 bits per heavy atom. The van der Waals surface area contributed by atoms with Crippen LogP contribution in [0.25, 0.3) is 0 Å². The molecule has 2 N–H and O–H groups in total. The van der Waals surface area contributed by atoms with E-state index in [1.54, 1.807) is 7.11 Å². The van der Waals surface area contributed by atoms with Gasteiger partial charge in [-0.3, -0.25) is 0 Å². The van der Waals surface area contributed by atoms with E-state index in [4.69, 9.17) is 10.5 Å². The lowest BCUT2D eigenvalue weighted by molar-refractivity contribution is 0.0819. The van der Waals surface area contributed by atoms with E-state index >= 15 is 0 Å². The Morgan fingerprint density at radius 1 is 1.18 bits per heavy atom. The van der Waals surface area contributed by atoms with E-state index in [0.29, 0.717) is 6.10 Å². The molecule has 1 aromatic rings. The van der Waals surface area contributed by atoms with Gasteiger partial charge in [-0.1, -0.05) is 0 Å². The molecular weight excluding hydrogens is 212 g/mol. The van der Waals surface area contributed by atoms with Crippen molar-refractivity contribution in [1.29, 1.82) is 0 Å². The molecule has 0 amide bonds. The molecule has 0 saturated carbocycles. The molecule has 2 rings (SSSR count). The van der Waals surface area contributed by atoms with Crippen molar-refractivity contribution in [3.05, 3.63) is 23.3 Å². The highest BCUT2D eigenvalue weighted by Crippen LogP contribution is 2.30. The van der Waals surface area contributed by atoms with Gasteiger partial charge in [-0.05, 0) is 49.9 Å². The quantitative estimate of drug-likeness (QED) is 0.799. The fraction of sp³-hybridized carbons (Fsp3) is 0.571. The Morgan fingerprint density at radius 2 is 1.71 bits per heavy atom. The summed E-state index contributed by atoms with van der Waals surface area (Å²) >= 11 is 0. The molecule has 1 aromatic carbocycles. The van der Waals surface area contributed by atoms with Crippen molar-refractivity contribution in [2.75, 3.05) is 30.8 Å². The van der Waals surface area contributed by atoms with Crippen LogP contribution in [-0.4, -0.2) is 26.3 Å². The van der Waals surface area contributed by atoms with Crippen molar-refractivity contribution in [2.45, 2.75) is 32.8 Å². The third kappa shape index (κ3) is 2.55. The molecule has 1 aliphatic heterocycles. The molecule has 1 heterocycles. The molecule has 0 radical (unpaired) electrons. The highest BCUT2D eigenvalue weighted by molar-refractivity contribution is 5.64. The Hall–Kier alpha value is -1.22. The van der Waals surface area contributed by atoms with Crippen molar-refractivity contribution in [3.8, 4) is 0 Å². The average molecular weight is 234 g/mol. The second kappa shape index (κ2) is 4.96. The largest absolute Gasteiger partial charge is 0.399 e. The van der Waals surface area contributed by atoms with Crippen molar-refractivity contribution < 1.29 is 4.74 Å². The molecule has 0 aromatic heterocycles. The van der Waals surface area contributed by atoms with E-state index in [-0.39, 0.29) is 0 Å². The number of nitrogens with zero attached hydrogens (tertiary/aromatic N) is 1. The number of nitrogens with two attached hydrogens (primary N) is 1. The maximum absolute atomic E-state index is 5.86. The van der Waals surface area contributed by atoms with Crippen LogP contribution in [0, 0.1) is 13.8 Å². The molecule has 1 saturated heterocycles. The summed E-state index contributed by atoms with van der Waals surface area (Å²) in [6.45, 7) is 6.43. The van der Waals surface area contributed by atoms with Crippen LogP contribution in [0.3, 0.4) is 0 Å². The first-order valence-corrected chi connectivity index (χ1v) is 6.26. The lowest BCUT2D eigenvalue weighted by atomic mass is 10.0. The van der Waals surface area contributed by atoms with Gasteiger partial charge >= 0.3 is 0 Å². The zero-order chi connectivity index (χ0) is 12.4. The number of piperidine rings is 1. The first kappa shape index (κ1) is 12.2. The predicted octanol–water partition coefficient (Wildman–Crippen LogP) is 2.50. The minimum atomic E-state index is 0.431. The molecule has 3 nitrogen and oxygen atoms in total. The zero-order valence-electron chi connectivity index (χ0n) is 11.0. The first-order chi connectivity index (χ1) is 8.11. The van der Waals surface area contributed by atoms with Gasteiger partial charge < -0.3 is 15.4 Å². The summed E-state index contributed by atoms with van der Waals surface area (Å²) in [7, 11) is 1.81. The van der Waals surface area contributed by atoms with Gasteiger partial charge in [-0.2, -0.15) is 0 Å². The molecule has 17 heavy (non-hydrogen) atoms. The summed E-state index contributed by atoms with van der Waals surface area (Å²) in [5.74, 6) is 0. The predicted molar refractivity (Wildman–Crippen MR) is 72.6 cm³/mol. The van der Waals surface area contributed by atoms with Crippen LogP contribution in [-0.2, 0) is 4.74 Å². The number of benzene rings is 1. The second-order valence-corrected chi connectivity index (χ2v) is 4.93. The second-order valence-electron chi connectivity index (χ2n) is 4.93. The van der Waals surface area contributed by atoms with Crippen LogP contribution in [0.5, 0.6) is 0 Å². The van der Waals surface area contributed by atoms with Crippen LogP contribution in [0.15, 0.2) is 12.1 Å². The van der Waals surface area contributed by atoms with Crippen LogP contribution in [0.2, 0.25) is 0 Å². The van der Waals surface area contributed by atoms with Gasteiger partial charge in [0.15, 0.2) is 0 Å². The number of methoxy groups -OCH3 is 1. The van der Waals surface area contributed by atoms with Crippen LogP contribution in [0.1, 0.15) is 24.0 Å². The third-order valence-corrected chi connectivity index (χ3v) is 3.60. The smallest absolute Gasteiger partial charge is 0.0605 e. The van der Waals surface area contributed by atoms with Crippen molar-refractivity contribution in [2.24, 2.45) is 0 Å². The molecule has 3 heteroatoms. The van der Waals surface area contributed by atoms with Crippen LogP contribution in [0.4, 0.5) is 11.4 Å². The highest BCUT2D eigenvalue weighted by atomic mass is 16.5. The van der Waals surface area contributed by atoms with Gasteiger partial charge in [-0.25, -0.2) is 0 Å².